The maximum Gasteiger partial charge on any atom is 0.224 e. The van der Waals surface area contributed by atoms with Gasteiger partial charge in [0, 0.05) is 19.7 Å². The number of anilines is 1. The molecule has 1 aromatic carbocycles. The number of hydrogen-bond acceptors (Lipinski definition) is 5. The molecule has 0 spiro atoms. The molecule has 2 rings (SSSR count). The van der Waals surface area contributed by atoms with Crippen molar-refractivity contribution in [1.82, 2.24) is 9.97 Å². The second-order valence-electron chi connectivity index (χ2n) is 4.07. The van der Waals surface area contributed by atoms with E-state index in [0.29, 0.717) is 41.0 Å². The fourth-order valence-electron chi connectivity index (χ4n) is 1.58. The fraction of sp³-hybridized carbons (Fsp3) is 0.286. The summed E-state index contributed by atoms with van der Waals surface area (Å²) in [4.78, 5) is 8.53. The van der Waals surface area contributed by atoms with Crippen LogP contribution in [0.4, 0.5) is 10.2 Å². The minimum atomic E-state index is -0.343. The molecule has 0 bridgehead atoms. The van der Waals surface area contributed by atoms with Crippen molar-refractivity contribution in [3.05, 3.63) is 40.4 Å². The Balaban J connectivity index is 2.25. The van der Waals surface area contributed by atoms with Crippen molar-refractivity contribution in [2.75, 3.05) is 19.0 Å². The molecule has 0 radical (unpaired) electrons. The summed E-state index contributed by atoms with van der Waals surface area (Å²) >= 11 is 3.25. The molecule has 0 atom stereocenters. The van der Waals surface area contributed by atoms with Crippen LogP contribution in [0.2, 0.25) is 0 Å². The first-order valence-corrected chi connectivity index (χ1v) is 7.18. The Kier molecular flexibility index (Phi) is 5.46. The van der Waals surface area contributed by atoms with Crippen LogP contribution in [0.1, 0.15) is 12.7 Å². The van der Waals surface area contributed by atoms with E-state index in [1.165, 1.54) is 18.2 Å². The lowest BCUT2D eigenvalue weighted by molar-refractivity contribution is 0.128. The van der Waals surface area contributed by atoms with Gasteiger partial charge in [0.2, 0.25) is 5.88 Å². The van der Waals surface area contributed by atoms with E-state index in [1.54, 1.807) is 13.1 Å². The topological polar surface area (TPSA) is 56.3 Å². The molecule has 0 aliphatic carbocycles. The molecule has 21 heavy (non-hydrogen) atoms. The molecule has 0 amide bonds. The second kappa shape index (κ2) is 7.33. The average molecular weight is 356 g/mol. The number of nitrogens with zero attached hydrogens (tertiary/aromatic N) is 2. The van der Waals surface area contributed by atoms with Gasteiger partial charge in [0.1, 0.15) is 24.0 Å². The van der Waals surface area contributed by atoms with E-state index in [4.69, 9.17) is 9.47 Å². The van der Waals surface area contributed by atoms with Crippen LogP contribution in [0.5, 0.6) is 11.6 Å². The van der Waals surface area contributed by atoms with Crippen molar-refractivity contribution in [3.63, 3.8) is 0 Å². The Morgan fingerprint density at radius 1 is 1.29 bits per heavy atom. The van der Waals surface area contributed by atoms with E-state index in [1.807, 2.05) is 6.92 Å². The zero-order valence-corrected chi connectivity index (χ0v) is 13.3. The Labute approximate surface area is 130 Å². The van der Waals surface area contributed by atoms with Crippen molar-refractivity contribution in [2.24, 2.45) is 0 Å². The highest BCUT2D eigenvalue weighted by molar-refractivity contribution is 9.10. The van der Waals surface area contributed by atoms with Gasteiger partial charge >= 0.3 is 0 Å². The maximum absolute atomic E-state index is 13.1. The van der Waals surface area contributed by atoms with Crippen LogP contribution in [0.15, 0.2) is 28.7 Å². The van der Waals surface area contributed by atoms with Gasteiger partial charge < -0.3 is 14.8 Å². The molecule has 5 nitrogen and oxygen atoms in total. The molecule has 0 unspecified atom stereocenters. The van der Waals surface area contributed by atoms with E-state index in [0.717, 1.165) is 0 Å². The van der Waals surface area contributed by atoms with Gasteiger partial charge in [-0.25, -0.2) is 9.37 Å². The molecule has 0 saturated carbocycles. The van der Waals surface area contributed by atoms with E-state index in [2.05, 4.69) is 31.2 Å². The number of nitrogens with one attached hydrogen (secondary N) is 1. The summed E-state index contributed by atoms with van der Waals surface area (Å²) in [6.45, 7) is 2.77. The molecule has 112 valence electrons. The van der Waals surface area contributed by atoms with Crippen molar-refractivity contribution in [2.45, 2.75) is 13.5 Å². The van der Waals surface area contributed by atoms with Crippen LogP contribution >= 0.6 is 15.9 Å². The Bertz CT molecular complexity index is 625. The molecule has 0 aliphatic rings. The third kappa shape index (κ3) is 4.37. The second-order valence-corrected chi connectivity index (χ2v) is 4.93. The van der Waals surface area contributed by atoms with Crippen LogP contribution in [-0.2, 0) is 11.3 Å². The molecule has 1 heterocycles. The molecule has 0 aliphatic heterocycles. The van der Waals surface area contributed by atoms with Crippen LogP contribution in [-0.4, -0.2) is 23.6 Å². The summed E-state index contributed by atoms with van der Waals surface area (Å²) in [6, 6.07) is 5.84. The van der Waals surface area contributed by atoms with Gasteiger partial charge in [-0.1, -0.05) is 0 Å². The minimum absolute atomic E-state index is 0.299. The first-order chi connectivity index (χ1) is 10.1. The zero-order valence-electron chi connectivity index (χ0n) is 11.7. The van der Waals surface area contributed by atoms with Crippen LogP contribution < -0.4 is 10.1 Å². The number of aromatic nitrogens is 2. The Hall–Kier alpha value is -1.73. The lowest BCUT2D eigenvalue weighted by Crippen LogP contribution is -2.04. The summed E-state index contributed by atoms with van der Waals surface area (Å²) in [5.41, 5.74) is 0. The largest absolute Gasteiger partial charge is 0.438 e. The lowest BCUT2D eigenvalue weighted by Gasteiger charge is -2.10. The van der Waals surface area contributed by atoms with Gasteiger partial charge in [-0.05, 0) is 41.1 Å². The third-order valence-corrected chi connectivity index (χ3v) is 3.17. The summed E-state index contributed by atoms with van der Waals surface area (Å²) in [7, 11) is 1.75. The Morgan fingerprint density at radius 3 is 2.76 bits per heavy atom. The zero-order chi connectivity index (χ0) is 15.2. The quantitative estimate of drug-likeness (QED) is 0.854. The van der Waals surface area contributed by atoms with Crippen molar-refractivity contribution in [3.8, 4) is 11.6 Å². The highest BCUT2D eigenvalue weighted by Gasteiger charge is 2.09. The highest BCUT2D eigenvalue weighted by atomic mass is 79.9. The molecule has 1 aromatic heterocycles. The Morgan fingerprint density at radius 2 is 2.10 bits per heavy atom. The minimum Gasteiger partial charge on any atom is -0.438 e. The molecular formula is C14H15BrFN3O2. The van der Waals surface area contributed by atoms with E-state index >= 15 is 0 Å². The molecule has 1 N–H and O–H groups in total. The van der Waals surface area contributed by atoms with Gasteiger partial charge in [0.15, 0.2) is 5.82 Å². The van der Waals surface area contributed by atoms with Crippen LogP contribution in [0, 0.1) is 5.82 Å². The molecule has 0 saturated heterocycles. The number of benzene rings is 1. The smallest absolute Gasteiger partial charge is 0.224 e. The van der Waals surface area contributed by atoms with Crippen molar-refractivity contribution < 1.29 is 13.9 Å². The van der Waals surface area contributed by atoms with E-state index in [-0.39, 0.29) is 5.82 Å². The highest BCUT2D eigenvalue weighted by Crippen LogP contribution is 2.30. The third-order valence-electron chi connectivity index (χ3n) is 2.55. The first-order valence-electron chi connectivity index (χ1n) is 6.38. The van der Waals surface area contributed by atoms with Gasteiger partial charge in [0.25, 0.3) is 0 Å². The number of halogens is 2. The fourth-order valence-corrected chi connectivity index (χ4v) is 2.01. The maximum atomic E-state index is 13.1. The molecule has 0 fully saturated rings. The van der Waals surface area contributed by atoms with E-state index in [9.17, 15) is 4.39 Å². The predicted molar refractivity (Wildman–Crippen MR) is 81.1 cm³/mol. The number of ether oxygens (including phenoxy) is 2. The van der Waals surface area contributed by atoms with Crippen molar-refractivity contribution in [1.29, 1.82) is 0 Å². The molecular weight excluding hydrogens is 341 g/mol. The van der Waals surface area contributed by atoms with Gasteiger partial charge in [0.05, 0.1) is 4.47 Å². The first kappa shape index (κ1) is 15.7. The predicted octanol–water partition coefficient (Wildman–Crippen LogP) is 3.75. The summed E-state index contributed by atoms with van der Waals surface area (Å²) in [5.74, 6) is 1.62. The van der Waals surface area contributed by atoms with Crippen molar-refractivity contribution >= 4 is 21.7 Å². The van der Waals surface area contributed by atoms with Crippen LogP contribution in [0.25, 0.3) is 0 Å². The SMILES string of the molecule is CCOCc1nc(NC)cc(Oc2ccc(F)cc2Br)n1. The summed E-state index contributed by atoms with van der Waals surface area (Å²) < 4.78 is 24.5. The molecule has 7 heteroatoms. The lowest BCUT2D eigenvalue weighted by atomic mass is 10.3. The standard InChI is InChI=1S/C14H15BrFN3O2/c1-3-20-8-13-18-12(17-2)7-14(19-13)21-11-5-4-9(16)6-10(11)15/h4-7H,3,8H2,1-2H3,(H,17,18,19). The van der Waals surface area contributed by atoms with Gasteiger partial charge in [-0.15, -0.1) is 0 Å². The number of hydrogen-bond donors (Lipinski definition) is 1. The van der Waals surface area contributed by atoms with Gasteiger partial charge in [-0.2, -0.15) is 4.98 Å². The monoisotopic (exact) mass is 355 g/mol. The normalized spacial score (nSPS) is 10.5. The van der Waals surface area contributed by atoms with Crippen LogP contribution in [0.3, 0.4) is 0 Å². The summed E-state index contributed by atoms with van der Waals surface area (Å²) in [5, 5.41) is 2.94. The van der Waals surface area contributed by atoms with E-state index < -0.39 is 0 Å². The summed E-state index contributed by atoms with van der Waals surface area (Å²) in [6.07, 6.45) is 0. The molecule has 2 aromatic rings. The average Bonchev–Trinajstić information content (AvgIpc) is 2.48. The number of rotatable bonds is 6. The van der Waals surface area contributed by atoms with Gasteiger partial charge in [-0.3, -0.25) is 0 Å².